The maximum atomic E-state index is 13.6. The van der Waals surface area contributed by atoms with Crippen LogP contribution in [-0.4, -0.2) is 49.1 Å². The minimum atomic E-state index is -0.529. The molecule has 3 rings (SSSR count). The number of ether oxygens (including phenoxy) is 3. The lowest BCUT2D eigenvalue weighted by Crippen LogP contribution is -2.23. The van der Waals surface area contributed by atoms with E-state index in [1.807, 2.05) is 0 Å². The Morgan fingerprint density at radius 2 is 1.76 bits per heavy atom. The van der Waals surface area contributed by atoms with E-state index in [0.717, 1.165) is 11.8 Å². The Bertz CT molecular complexity index is 1110. The van der Waals surface area contributed by atoms with Gasteiger partial charge in [0.25, 0.3) is 11.1 Å². The van der Waals surface area contributed by atoms with Crippen LogP contribution >= 0.6 is 11.8 Å². The Kier molecular flexibility index (Phi) is 8.08. The first-order valence-electron chi connectivity index (χ1n) is 9.53. The number of carbonyl (C=O) groups excluding carboxylic acids is 2. The van der Waals surface area contributed by atoms with E-state index in [9.17, 15) is 14.0 Å². The van der Waals surface area contributed by atoms with Crippen molar-refractivity contribution >= 4 is 29.3 Å². The summed E-state index contributed by atoms with van der Waals surface area (Å²) in [6, 6.07) is 8.88. The summed E-state index contributed by atoms with van der Waals surface area (Å²) < 4.78 is 34.7. The van der Waals surface area contributed by atoms with Crippen LogP contribution in [0.1, 0.15) is 16.2 Å². The number of amides is 2. The minimum absolute atomic E-state index is 0.0372. The molecule has 33 heavy (non-hydrogen) atoms. The Labute approximate surface area is 192 Å². The molecule has 174 valence electrons. The first-order valence-corrected chi connectivity index (χ1v) is 10.5. The van der Waals surface area contributed by atoms with Gasteiger partial charge in [0.15, 0.2) is 11.5 Å². The average molecular weight is 476 g/mol. The summed E-state index contributed by atoms with van der Waals surface area (Å²) in [7, 11) is 4.37. The molecular formula is C21H21FN4O6S. The quantitative estimate of drug-likeness (QED) is 0.425. The van der Waals surface area contributed by atoms with Crippen molar-refractivity contribution in [2.24, 2.45) is 0 Å². The molecule has 0 aliphatic heterocycles. The van der Waals surface area contributed by atoms with Gasteiger partial charge in [-0.1, -0.05) is 23.9 Å². The van der Waals surface area contributed by atoms with Crippen LogP contribution in [-0.2, 0) is 11.3 Å². The fourth-order valence-corrected chi connectivity index (χ4v) is 3.29. The first-order chi connectivity index (χ1) is 15.9. The van der Waals surface area contributed by atoms with Crippen molar-refractivity contribution < 1.29 is 32.6 Å². The number of aromatic nitrogens is 2. The van der Waals surface area contributed by atoms with E-state index in [4.69, 9.17) is 18.6 Å². The van der Waals surface area contributed by atoms with Gasteiger partial charge in [0, 0.05) is 5.56 Å². The molecule has 0 radical (unpaired) electrons. The van der Waals surface area contributed by atoms with Crippen LogP contribution in [0.15, 0.2) is 46.0 Å². The van der Waals surface area contributed by atoms with Crippen molar-refractivity contribution in [1.29, 1.82) is 0 Å². The first kappa shape index (κ1) is 23.9. The third kappa shape index (κ3) is 6.13. The van der Waals surface area contributed by atoms with Crippen molar-refractivity contribution in [1.82, 2.24) is 15.5 Å². The van der Waals surface area contributed by atoms with E-state index in [0.29, 0.717) is 17.2 Å². The van der Waals surface area contributed by atoms with Crippen LogP contribution < -0.4 is 24.8 Å². The molecule has 0 bridgehead atoms. The molecule has 2 aromatic carbocycles. The Hall–Kier alpha value is -3.80. The van der Waals surface area contributed by atoms with E-state index in [2.05, 4.69) is 20.8 Å². The van der Waals surface area contributed by atoms with Gasteiger partial charge in [-0.15, -0.1) is 10.2 Å². The minimum Gasteiger partial charge on any atom is -0.493 e. The Morgan fingerprint density at radius 1 is 1.06 bits per heavy atom. The van der Waals surface area contributed by atoms with Crippen LogP contribution in [0.3, 0.4) is 0 Å². The molecule has 0 unspecified atom stereocenters. The second kappa shape index (κ2) is 11.2. The largest absolute Gasteiger partial charge is 0.493 e. The third-order valence-corrected chi connectivity index (χ3v) is 5.07. The average Bonchev–Trinajstić information content (AvgIpc) is 3.29. The predicted molar refractivity (Wildman–Crippen MR) is 117 cm³/mol. The fraction of sp³-hybridized carbons (Fsp3) is 0.238. The number of nitrogens with one attached hydrogen (secondary N) is 2. The zero-order valence-corrected chi connectivity index (χ0v) is 18.8. The molecule has 12 heteroatoms. The van der Waals surface area contributed by atoms with Crippen LogP contribution in [0.2, 0.25) is 0 Å². The molecule has 2 amide bonds. The highest BCUT2D eigenvalue weighted by Gasteiger charge is 2.18. The molecule has 10 nitrogen and oxygen atoms in total. The van der Waals surface area contributed by atoms with E-state index >= 15 is 0 Å². The highest BCUT2D eigenvalue weighted by molar-refractivity contribution is 7.99. The van der Waals surface area contributed by atoms with Crippen LogP contribution in [0, 0.1) is 5.82 Å². The number of carbonyl (C=O) groups is 2. The second-order valence-corrected chi connectivity index (χ2v) is 7.30. The summed E-state index contributed by atoms with van der Waals surface area (Å²) >= 11 is 0.985. The zero-order valence-electron chi connectivity index (χ0n) is 18.0. The normalized spacial score (nSPS) is 10.4. The summed E-state index contributed by atoms with van der Waals surface area (Å²) in [6.45, 7) is -0.0372. The molecule has 3 aromatic rings. The number of thioether (sulfide) groups is 1. The maximum absolute atomic E-state index is 13.6. The Balaban J connectivity index is 1.54. The van der Waals surface area contributed by atoms with Gasteiger partial charge in [-0.25, -0.2) is 4.39 Å². The van der Waals surface area contributed by atoms with Gasteiger partial charge >= 0.3 is 0 Å². The highest BCUT2D eigenvalue weighted by atomic mass is 32.2. The molecule has 1 heterocycles. The van der Waals surface area contributed by atoms with E-state index in [-0.39, 0.29) is 34.7 Å². The molecular weight excluding hydrogens is 455 g/mol. The summed E-state index contributed by atoms with van der Waals surface area (Å²) in [5.74, 6) is -0.250. The molecule has 1 aromatic heterocycles. The number of nitrogens with zero attached hydrogens (tertiary/aromatic N) is 2. The van der Waals surface area contributed by atoms with Gasteiger partial charge in [0.1, 0.15) is 5.82 Å². The standard InChI is InChI=1S/C21H21FN4O6S/c1-29-15-8-12(9-16(30-2)19(15)31-3)20(28)23-10-18-25-26-21(32-18)33-11-17(27)24-14-7-5-4-6-13(14)22/h4-9H,10-11H2,1-3H3,(H,23,28)(H,24,27). The molecule has 0 aliphatic carbocycles. The van der Waals surface area contributed by atoms with Crippen molar-refractivity contribution in [3.8, 4) is 17.2 Å². The number of hydrogen-bond acceptors (Lipinski definition) is 9. The van der Waals surface area contributed by atoms with Crippen molar-refractivity contribution in [2.45, 2.75) is 11.8 Å². The van der Waals surface area contributed by atoms with Crippen LogP contribution in [0.5, 0.6) is 17.2 Å². The molecule has 0 saturated carbocycles. The number of halogens is 1. The van der Waals surface area contributed by atoms with Crippen LogP contribution in [0.4, 0.5) is 10.1 Å². The van der Waals surface area contributed by atoms with Gasteiger partial charge in [-0.3, -0.25) is 9.59 Å². The number of hydrogen-bond donors (Lipinski definition) is 2. The van der Waals surface area contributed by atoms with Crippen LogP contribution in [0.25, 0.3) is 0 Å². The monoisotopic (exact) mass is 476 g/mol. The van der Waals surface area contributed by atoms with Gasteiger partial charge in [0.05, 0.1) is 39.3 Å². The van der Waals surface area contributed by atoms with Crippen molar-refractivity contribution in [2.75, 3.05) is 32.4 Å². The number of benzene rings is 2. The molecule has 0 saturated heterocycles. The predicted octanol–water partition coefficient (Wildman–Crippen LogP) is 2.90. The smallest absolute Gasteiger partial charge is 0.277 e. The zero-order chi connectivity index (χ0) is 23.8. The summed E-state index contributed by atoms with van der Waals surface area (Å²) in [5.41, 5.74) is 0.368. The van der Waals surface area contributed by atoms with Gasteiger partial charge in [-0.05, 0) is 24.3 Å². The Morgan fingerprint density at radius 3 is 2.39 bits per heavy atom. The maximum Gasteiger partial charge on any atom is 0.277 e. The van der Waals surface area contributed by atoms with Gasteiger partial charge in [-0.2, -0.15) is 0 Å². The molecule has 0 atom stereocenters. The van der Waals surface area contributed by atoms with Gasteiger partial charge < -0.3 is 29.3 Å². The third-order valence-electron chi connectivity index (χ3n) is 4.25. The lowest BCUT2D eigenvalue weighted by Gasteiger charge is -2.13. The van der Waals surface area contributed by atoms with Gasteiger partial charge in [0.2, 0.25) is 17.5 Å². The van der Waals surface area contributed by atoms with E-state index < -0.39 is 17.6 Å². The number of rotatable bonds is 10. The lowest BCUT2D eigenvalue weighted by atomic mass is 10.1. The SMILES string of the molecule is COc1cc(C(=O)NCc2nnc(SCC(=O)Nc3ccccc3F)o2)cc(OC)c1OC. The molecule has 0 fully saturated rings. The second-order valence-electron chi connectivity index (χ2n) is 6.38. The number of methoxy groups -OCH3 is 3. The number of para-hydroxylation sites is 1. The lowest BCUT2D eigenvalue weighted by molar-refractivity contribution is -0.113. The summed E-state index contributed by atoms with van der Waals surface area (Å²) in [5, 5.41) is 12.9. The molecule has 0 spiro atoms. The fourth-order valence-electron chi connectivity index (χ4n) is 2.71. The molecule has 0 aliphatic rings. The molecule has 2 N–H and O–H groups in total. The van der Waals surface area contributed by atoms with Crippen molar-refractivity contribution in [3.05, 3.63) is 53.7 Å². The van der Waals surface area contributed by atoms with E-state index in [1.165, 1.54) is 51.7 Å². The summed E-state index contributed by atoms with van der Waals surface area (Å²) in [4.78, 5) is 24.5. The highest BCUT2D eigenvalue weighted by Crippen LogP contribution is 2.38. The number of anilines is 1. The van der Waals surface area contributed by atoms with Crippen molar-refractivity contribution in [3.63, 3.8) is 0 Å². The van der Waals surface area contributed by atoms with E-state index in [1.54, 1.807) is 6.07 Å². The topological polar surface area (TPSA) is 125 Å². The summed E-state index contributed by atoms with van der Waals surface area (Å²) in [6.07, 6.45) is 0.